The summed E-state index contributed by atoms with van der Waals surface area (Å²) < 4.78 is 0. The van der Waals surface area contributed by atoms with Gasteiger partial charge in [0.1, 0.15) is 0 Å². The molecule has 1 aromatic carbocycles. The Labute approximate surface area is 98.9 Å². The Morgan fingerprint density at radius 2 is 1.69 bits per heavy atom. The summed E-state index contributed by atoms with van der Waals surface area (Å²) in [5.41, 5.74) is 5.73. The van der Waals surface area contributed by atoms with Crippen LogP contribution in [0.3, 0.4) is 0 Å². The SMILES string of the molecule is Cc1cc(C)c(CN2CCN(C)C2)cc1C. The van der Waals surface area contributed by atoms with Crippen molar-refractivity contribution in [1.29, 1.82) is 0 Å². The highest BCUT2D eigenvalue weighted by molar-refractivity contribution is 5.36. The second-order valence-corrected chi connectivity index (χ2v) is 5.14. The van der Waals surface area contributed by atoms with Gasteiger partial charge in [-0.3, -0.25) is 9.80 Å². The van der Waals surface area contributed by atoms with Gasteiger partial charge in [0.15, 0.2) is 0 Å². The Morgan fingerprint density at radius 3 is 2.31 bits per heavy atom. The van der Waals surface area contributed by atoms with E-state index in [9.17, 15) is 0 Å². The maximum absolute atomic E-state index is 2.51. The molecule has 1 heterocycles. The first kappa shape index (κ1) is 11.6. The van der Waals surface area contributed by atoms with E-state index in [1.807, 2.05) is 0 Å². The van der Waals surface area contributed by atoms with Gasteiger partial charge in [0.2, 0.25) is 0 Å². The van der Waals surface area contributed by atoms with E-state index in [0.29, 0.717) is 0 Å². The highest BCUT2D eigenvalue weighted by Gasteiger charge is 2.17. The number of hydrogen-bond donors (Lipinski definition) is 0. The van der Waals surface area contributed by atoms with Gasteiger partial charge < -0.3 is 0 Å². The van der Waals surface area contributed by atoms with Crippen LogP contribution in [0.15, 0.2) is 12.1 Å². The van der Waals surface area contributed by atoms with Gasteiger partial charge >= 0.3 is 0 Å². The molecular weight excluding hydrogens is 196 g/mol. The van der Waals surface area contributed by atoms with Crippen molar-refractivity contribution >= 4 is 0 Å². The van der Waals surface area contributed by atoms with Gasteiger partial charge in [0.05, 0.1) is 6.67 Å². The second-order valence-electron chi connectivity index (χ2n) is 5.14. The summed E-state index contributed by atoms with van der Waals surface area (Å²) in [6.07, 6.45) is 0. The summed E-state index contributed by atoms with van der Waals surface area (Å²) in [7, 11) is 2.19. The molecule has 2 rings (SSSR count). The Kier molecular flexibility index (Phi) is 3.31. The molecule has 0 amide bonds. The van der Waals surface area contributed by atoms with Gasteiger partial charge in [0.25, 0.3) is 0 Å². The van der Waals surface area contributed by atoms with Gasteiger partial charge in [-0.05, 0) is 50.1 Å². The van der Waals surface area contributed by atoms with Crippen molar-refractivity contribution in [3.05, 3.63) is 34.4 Å². The van der Waals surface area contributed by atoms with Crippen molar-refractivity contribution < 1.29 is 0 Å². The van der Waals surface area contributed by atoms with Crippen molar-refractivity contribution in [2.75, 3.05) is 26.8 Å². The van der Waals surface area contributed by atoms with Crippen LogP contribution < -0.4 is 0 Å². The zero-order chi connectivity index (χ0) is 11.7. The molecule has 0 radical (unpaired) electrons. The number of rotatable bonds is 2. The van der Waals surface area contributed by atoms with E-state index >= 15 is 0 Å². The smallest absolute Gasteiger partial charge is 0.0507 e. The Bertz CT molecular complexity index is 385. The maximum atomic E-state index is 2.51. The summed E-state index contributed by atoms with van der Waals surface area (Å²) in [6.45, 7) is 11.2. The molecule has 1 aliphatic rings. The average molecular weight is 218 g/mol. The largest absolute Gasteiger partial charge is 0.292 e. The lowest BCUT2D eigenvalue weighted by molar-refractivity contribution is 0.268. The quantitative estimate of drug-likeness (QED) is 0.751. The van der Waals surface area contributed by atoms with E-state index in [1.54, 1.807) is 0 Å². The predicted octanol–water partition coefficient (Wildman–Crippen LogP) is 2.32. The fourth-order valence-corrected chi connectivity index (χ4v) is 2.36. The third kappa shape index (κ3) is 2.45. The zero-order valence-corrected chi connectivity index (χ0v) is 10.9. The standard InChI is InChI=1S/C14H22N2/c1-11-7-13(3)14(8-12(11)2)9-16-6-5-15(4)10-16/h7-8H,5-6,9-10H2,1-4H3. The molecule has 0 aliphatic carbocycles. The van der Waals surface area contributed by atoms with Crippen LogP contribution in [0.2, 0.25) is 0 Å². The molecule has 88 valence electrons. The van der Waals surface area contributed by atoms with Crippen LogP contribution in [0.1, 0.15) is 22.3 Å². The molecule has 16 heavy (non-hydrogen) atoms. The molecule has 1 aliphatic heterocycles. The van der Waals surface area contributed by atoms with E-state index in [0.717, 1.165) is 13.2 Å². The number of hydrogen-bond acceptors (Lipinski definition) is 2. The first-order valence-electron chi connectivity index (χ1n) is 6.04. The first-order chi connectivity index (χ1) is 7.56. The maximum Gasteiger partial charge on any atom is 0.0507 e. The number of likely N-dealkylation sites (N-methyl/N-ethyl adjacent to an activating group) is 1. The molecule has 0 unspecified atom stereocenters. The number of aryl methyl sites for hydroxylation is 3. The molecule has 1 saturated heterocycles. The van der Waals surface area contributed by atoms with E-state index in [4.69, 9.17) is 0 Å². The van der Waals surface area contributed by atoms with Crippen molar-refractivity contribution in [2.24, 2.45) is 0 Å². The molecule has 0 atom stereocenters. The van der Waals surface area contributed by atoms with E-state index in [-0.39, 0.29) is 0 Å². The van der Waals surface area contributed by atoms with E-state index < -0.39 is 0 Å². The Hall–Kier alpha value is -0.860. The minimum Gasteiger partial charge on any atom is -0.292 e. The van der Waals surface area contributed by atoms with Crippen LogP contribution >= 0.6 is 0 Å². The number of nitrogens with zero attached hydrogens (tertiary/aromatic N) is 2. The van der Waals surface area contributed by atoms with Crippen LogP contribution in [0.4, 0.5) is 0 Å². The van der Waals surface area contributed by atoms with Crippen LogP contribution in [0.5, 0.6) is 0 Å². The van der Waals surface area contributed by atoms with E-state index in [1.165, 1.54) is 35.3 Å². The third-order valence-electron chi connectivity index (χ3n) is 3.59. The minimum atomic E-state index is 1.09. The molecule has 2 nitrogen and oxygen atoms in total. The molecule has 1 aromatic rings. The van der Waals surface area contributed by atoms with Gasteiger partial charge in [0, 0.05) is 19.6 Å². The Morgan fingerprint density at radius 1 is 1.00 bits per heavy atom. The van der Waals surface area contributed by atoms with Crippen LogP contribution in [-0.2, 0) is 6.54 Å². The fraction of sp³-hybridized carbons (Fsp3) is 0.571. The first-order valence-corrected chi connectivity index (χ1v) is 6.04. The monoisotopic (exact) mass is 218 g/mol. The molecule has 0 aromatic heterocycles. The van der Waals surface area contributed by atoms with Crippen LogP contribution in [0.25, 0.3) is 0 Å². The molecule has 0 N–H and O–H groups in total. The molecule has 1 fully saturated rings. The summed E-state index contributed by atoms with van der Waals surface area (Å²) in [5.74, 6) is 0. The lowest BCUT2D eigenvalue weighted by Gasteiger charge is -2.18. The Balaban J connectivity index is 2.12. The molecular formula is C14H22N2. The van der Waals surface area contributed by atoms with Crippen molar-refractivity contribution in [3.8, 4) is 0 Å². The average Bonchev–Trinajstić information content (AvgIpc) is 2.60. The highest BCUT2D eigenvalue weighted by Crippen LogP contribution is 2.18. The van der Waals surface area contributed by atoms with Gasteiger partial charge in [-0.2, -0.15) is 0 Å². The van der Waals surface area contributed by atoms with Crippen LogP contribution in [-0.4, -0.2) is 36.6 Å². The molecule has 0 bridgehead atoms. The number of benzene rings is 1. The summed E-state index contributed by atoms with van der Waals surface area (Å²) in [4.78, 5) is 4.88. The lowest BCUT2D eigenvalue weighted by Crippen LogP contribution is -2.23. The normalized spacial score (nSPS) is 18.2. The predicted molar refractivity (Wildman–Crippen MR) is 68.6 cm³/mol. The molecule has 0 spiro atoms. The van der Waals surface area contributed by atoms with Crippen molar-refractivity contribution in [2.45, 2.75) is 27.3 Å². The van der Waals surface area contributed by atoms with Gasteiger partial charge in [-0.1, -0.05) is 12.1 Å². The zero-order valence-electron chi connectivity index (χ0n) is 10.9. The van der Waals surface area contributed by atoms with Gasteiger partial charge in [-0.25, -0.2) is 0 Å². The highest BCUT2D eigenvalue weighted by atomic mass is 15.4. The fourth-order valence-electron chi connectivity index (χ4n) is 2.36. The van der Waals surface area contributed by atoms with Crippen molar-refractivity contribution in [3.63, 3.8) is 0 Å². The van der Waals surface area contributed by atoms with Gasteiger partial charge in [-0.15, -0.1) is 0 Å². The molecule has 0 saturated carbocycles. The van der Waals surface area contributed by atoms with Crippen LogP contribution in [0, 0.1) is 20.8 Å². The summed E-state index contributed by atoms with van der Waals surface area (Å²) in [5, 5.41) is 0. The topological polar surface area (TPSA) is 6.48 Å². The molecule has 2 heteroatoms. The summed E-state index contributed by atoms with van der Waals surface area (Å²) >= 11 is 0. The third-order valence-corrected chi connectivity index (χ3v) is 3.59. The lowest BCUT2D eigenvalue weighted by atomic mass is 10.0. The minimum absolute atomic E-state index is 1.09. The second kappa shape index (κ2) is 4.56. The van der Waals surface area contributed by atoms with Crippen molar-refractivity contribution in [1.82, 2.24) is 9.80 Å². The van der Waals surface area contributed by atoms with E-state index in [2.05, 4.69) is 49.8 Å². The summed E-state index contributed by atoms with van der Waals surface area (Å²) in [6, 6.07) is 4.66.